The van der Waals surface area contributed by atoms with Gasteiger partial charge in [-0.3, -0.25) is 0 Å². The molecule has 2 aromatic rings. The van der Waals surface area contributed by atoms with Crippen molar-refractivity contribution < 1.29 is 0 Å². The van der Waals surface area contributed by atoms with E-state index in [1.165, 1.54) is 11.1 Å². The third-order valence-corrected chi connectivity index (χ3v) is 3.10. The molecular weight excluding hydrogens is 220 g/mol. The Bertz CT molecular complexity index is 512. The van der Waals surface area contributed by atoms with E-state index in [0.29, 0.717) is 17.2 Å². The van der Waals surface area contributed by atoms with E-state index in [-0.39, 0.29) is 0 Å². The fourth-order valence-corrected chi connectivity index (χ4v) is 2.45. The SMILES string of the molecule is CC(C)c1cccc2nc(Cl)n(C(C)C)c12. The Morgan fingerprint density at radius 1 is 1.19 bits per heavy atom. The summed E-state index contributed by atoms with van der Waals surface area (Å²) in [6, 6.07) is 6.55. The van der Waals surface area contributed by atoms with Gasteiger partial charge in [-0.2, -0.15) is 0 Å². The Morgan fingerprint density at radius 3 is 2.44 bits per heavy atom. The van der Waals surface area contributed by atoms with Crippen LogP contribution in [0.5, 0.6) is 0 Å². The van der Waals surface area contributed by atoms with Gasteiger partial charge in [0.2, 0.25) is 5.28 Å². The molecule has 0 radical (unpaired) electrons. The number of hydrogen-bond donors (Lipinski definition) is 0. The van der Waals surface area contributed by atoms with Crippen molar-refractivity contribution in [3.63, 3.8) is 0 Å². The Morgan fingerprint density at radius 2 is 1.88 bits per heavy atom. The second-order valence-corrected chi connectivity index (χ2v) is 5.05. The van der Waals surface area contributed by atoms with Gasteiger partial charge in [0.1, 0.15) is 0 Å². The van der Waals surface area contributed by atoms with Gasteiger partial charge in [-0.15, -0.1) is 0 Å². The molecule has 2 rings (SSSR count). The van der Waals surface area contributed by atoms with Crippen LogP contribution in [0.2, 0.25) is 5.28 Å². The first-order valence-electron chi connectivity index (χ1n) is 5.68. The van der Waals surface area contributed by atoms with Crippen LogP contribution < -0.4 is 0 Å². The summed E-state index contributed by atoms with van der Waals surface area (Å²) in [6.45, 7) is 8.65. The lowest BCUT2D eigenvalue weighted by molar-refractivity contribution is 0.615. The monoisotopic (exact) mass is 236 g/mol. The molecule has 3 heteroatoms. The highest BCUT2D eigenvalue weighted by molar-refractivity contribution is 6.29. The lowest BCUT2D eigenvalue weighted by atomic mass is 10.0. The van der Waals surface area contributed by atoms with Crippen LogP contribution in [0.4, 0.5) is 0 Å². The number of benzene rings is 1. The van der Waals surface area contributed by atoms with Gasteiger partial charge in [-0.05, 0) is 43.0 Å². The molecule has 0 saturated heterocycles. The molecule has 1 heterocycles. The van der Waals surface area contributed by atoms with Crippen LogP contribution >= 0.6 is 11.6 Å². The van der Waals surface area contributed by atoms with Crippen molar-refractivity contribution in [2.75, 3.05) is 0 Å². The zero-order chi connectivity index (χ0) is 11.9. The van der Waals surface area contributed by atoms with E-state index in [1.54, 1.807) is 0 Å². The summed E-state index contributed by atoms with van der Waals surface area (Å²) in [6.07, 6.45) is 0. The molecule has 0 fully saturated rings. The number of fused-ring (bicyclic) bond motifs is 1. The summed E-state index contributed by atoms with van der Waals surface area (Å²) in [5, 5.41) is 0.582. The smallest absolute Gasteiger partial charge is 0.204 e. The van der Waals surface area contributed by atoms with Crippen molar-refractivity contribution in [1.82, 2.24) is 9.55 Å². The molecule has 0 bridgehead atoms. The van der Waals surface area contributed by atoms with Crippen LogP contribution in [0, 0.1) is 0 Å². The van der Waals surface area contributed by atoms with Crippen LogP contribution in [0.1, 0.15) is 45.2 Å². The predicted octanol–water partition coefficient (Wildman–Crippen LogP) is 4.39. The largest absolute Gasteiger partial charge is 0.312 e. The second kappa shape index (κ2) is 4.10. The lowest BCUT2D eigenvalue weighted by Gasteiger charge is -2.14. The van der Waals surface area contributed by atoms with Crippen LogP contribution in [0.3, 0.4) is 0 Å². The Labute approximate surface area is 101 Å². The first-order chi connectivity index (χ1) is 7.52. The van der Waals surface area contributed by atoms with Gasteiger partial charge in [0, 0.05) is 6.04 Å². The zero-order valence-corrected chi connectivity index (χ0v) is 10.9. The molecular formula is C13H17ClN2. The van der Waals surface area contributed by atoms with E-state index in [2.05, 4.69) is 43.3 Å². The molecule has 1 aromatic carbocycles. The average Bonchev–Trinajstić information content (AvgIpc) is 2.52. The van der Waals surface area contributed by atoms with Gasteiger partial charge in [-0.25, -0.2) is 4.98 Å². The minimum atomic E-state index is 0.331. The standard InChI is InChI=1S/C13H17ClN2/c1-8(2)10-6-5-7-11-12(10)16(9(3)4)13(14)15-11/h5-9H,1-4H3. The molecule has 16 heavy (non-hydrogen) atoms. The van der Waals surface area contributed by atoms with Crippen molar-refractivity contribution in [3.05, 3.63) is 29.0 Å². The van der Waals surface area contributed by atoms with Gasteiger partial charge in [0.05, 0.1) is 11.0 Å². The molecule has 86 valence electrons. The maximum atomic E-state index is 6.19. The summed E-state index contributed by atoms with van der Waals surface area (Å²) in [4.78, 5) is 4.41. The summed E-state index contributed by atoms with van der Waals surface area (Å²) in [5.74, 6) is 0.481. The topological polar surface area (TPSA) is 17.8 Å². The summed E-state index contributed by atoms with van der Waals surface area (Å²) in [5.41, 5.74) is 3.48. The van der Waals surface area contributed by atoms with Crippen LogP contribution in [-0.2, 0) is 0 Å². The fourth-order valence-electron chi connectivity index (χ4n) is 2.08. The maximum Gasteiger partial charge on any atom is 0.204 e. The highest BCUT2D eigenvalue weighted by Crippen LogP contribution is 2.30. The molecule has 0 N–H and O–H groups in total. The first-order valence-corrected chi connectivity index (χ1v) is 6.06. The number of nitrogens with zero attached hydrogens (tertiary/aromatic N) is 2. The van der Waals surface area contributed by atoms with E-state index >= 15 is 0 Å². The zero-order valence-electron chi connectivity index (χ0n) is 10.2. The van der Waals surface area contributed by atoms with Gasteiger partial charge < -0.3 is 4.57 Å². The number of rotatable bonds is 2. The summed E-state index contributed by atoms with van der Waals surface area (Å²) < 4.78 is 2.10. The quantitative estimate of drug-likeness (QED) is 0.756. The third kappa shape index (κ3) is 1.71. The summed E-state index contributed by atoms with van der Waals surface area (Å²) in [7, 11) is 0. The van der Waals surface area contributed by atoms with Gasteiger partial charge in [-0.1, -0.05) is 26.0 Å². The Balaban J connectivity index is 2.83. The maximum absolute atomic E-state index is 6.19. The number of aromatic nitrogens is 2. The van der Waals surface area contributed by atoms with E-state index in [0.717, 1.165) is 5.52 Å². The highest BCUT2D eigenvalue weighted by atomic mass is 35.5. The normalized spacial score (nSPS) is 11.9. The van der Waals surface area contributed by atoms with Crippen molar-refractivity contribution in [2.24, 2.45) is 0 Å². The van der Waals surface area contributed by atoms with Gasteiger partial charge in [0.25, 0.3) is 0 Å². The van der Waals surface area contributed by atoms with E-state index in [9.17, 15) is 0 Å². The van der Waals surface area contributed by atoms with Gasteiger partial charge >= 0.3 is 0 Å². The molecule has 0 amide bonds. The Hall–Kier alpha value is -1.02. The summed E-state index contributed by atoms with van der Waals surface area (Å²) >= 11 is 6.19. The number of hydrogen-bond acceptors (Lipinski definition) is 1. The van der Waals surface area contributed by atoms with Gasteiger partial charge in [0.15, 0.2) is 0 Å². The molecule has 2 nitrogen and oxygen atoms in total. The highest BCUT2D eigenvalue weighted by Gasteiger charge is 2.15. The molecule has 0 aliphatic heterocycles. The van der Waals surface area contributed by atoms with E-state index < -0.39 is 0 Å². The van der Waals surface area contributed by atoms with Crippen LogP contribution in [-0.4, -0.2) is 9.55 Å². The fraction of sp³-hybridized carbons (Fsp3) is 0.462. The average molecular weight is 237 g/mol. The van der Waals surface area contributed by atoms with E-state index in [1.807, 2.05) is 12.1 Å². The second-order valence-electron chi connectivity index (χ2n) is 4.71. The number of para-hydroxylation sites is 1. The first kappa shape index (κ1) is 11.5. The predicted molar refractivity (Wildman–Crippen MR) is 69.2 cm³/mol. The minimum absolute atomic E-state index is 0.331. The lowest BCUT2D eigenvalue weighted by Crippen LogP contribution is -2.03. The van der Waals surface area contributed by atoms with Crippen molar-refractivity contribution in [2.45, 2.75) is 39.7 Å². The molecule has 0 aliphatic rings. The van der Waals surface area contributed by atoms with Crippen molar-refractivity contribution in [3.8, 4) is 0 Å². The number of halogens is 1. The number of imidazole rings is 1. The van der Waals surface area contributed by atoms with Crippen LogP contribution in [0.25, 0.3) is 11.0 Å². The molecule has 1 aromatic heterocycles. The minimum Gasteiger partial charge on any atom is -0.312 e. The Kier molecular flexibility index (Phi) is 2.94. The van der Waals surface area contributed by atoms with Crippen LogP contribution in [0.15, 0.2) is 18.2 Å². The molecule has 0 saturated carbocycles. The third-order valence-electron chi connectivity index (χ3n) is 2.84. The van der Waals surface area contributed by atoms with Crippen molar-refractivity contribution in [1.29, 1.82) is 0 Å². The molecule has 0 aliphatic carbocycles. The van der Waals surface area contributed by atoms with Crippen molar-refractivity contribution >= 4 is 22.6 Å². The molecule has 0 unspecified atom stereocenters. The van der Waals surface area contributed by atoms with E-state index in [4.69, 9.17) is 11.6 Å². The molecule has 0 spiro atoms. The molecule has 0 atom stereocenters.